The molecule has 0 radical (unpaired) electrons. The molecule has 0 bridgehead atoms. The van der Waals surface area contributed by atoms with E-state index in [1.807, 2.05) is 0 Å². The molecule has 2 fully saturated rings. The van der Waals surface area contributed by atoms with Crippen molar-refractivity contribution in [3.63, 3.8) is 0 Å². The summed E-state index contributed by atoms with van der Waals surface area (Å²) in [6.07, 6.45) is 3.54. The van der Waals surface area contributed by atoms with Crippen LogP contribution in [0.2, 0.25) is 0 Å². The lowest BCUT2D eigenvalue weighted by molar-refractivity contribution is 0.0234. The van der Waals surface area contributed by atoms with E-state index in [0.717, 1.165) is 30.0 Å². The zero-order valence-electron chi connectivity index (χ0n) is 9.95. The molecule has 2 atom stereocenters. The van der Waals surface area contributed by atoms with Gasteiger partial charge in [0.15, 0.2) is 6.23 Å². The maximum Gasteiger partial charge on any atom is 0.352 e. The number of hydrogen-bond donors (Lipinski definition) is 0. The monoisotopic (exact) mass is 253 g/mol. The van der Waals surface area contributed by atoms with Crippen LogP contribution < -0.4 is 11.2 Å². The van der Waals surface area contributed by atoms with Gasteiger partial charge in [-0.3, -0.25) is 4.79 Å². The maximum atomic E-state index is 12.3. The lowest BCUT2D eigenvalue weighted by Gasteiger charge is -2.16. The van der Waals surface area contributed by atoms with Crippen LogP contribution in [0.3, 0.4) is 0 Å². The number of rotatable bonds is 2. The van der Waals surface area contributed by atoms with Crippen molar-refractivity contribution in [1.82, 2.24) is 14.3 Å². The molecule has 7 nitrogen and oxygen atoms in total. The van der Waals surface area contributed by atoms with E-state index in [-0.39, 0.29) is 6.23 Å². The topological polar surface area (TPSA) is 75.4 Å². The molecule has 0 amide bonds. The Labute approximate surface area is 103 Å². The lowest BCUT2D eigenvalue weighted by atomic mass is 10.3. The summed E-state index contributed by atoms with van der Waals surface area (Å²) in [5.74, 6) is 0. The standard InChI is InChI=1S/C11H15N3O4/c15-8-7-12-14(10-4-2-6-18-10)11(16)13(8)9-3-1-5-17-9/h7,9-10H,1-6H2. The van der Waals surface area contributed by atoms with Gasteiger partial charge in [-0.1, -0.05) is 0 Å². The van der Waals surface area contributed by atoms with E-state index in [4.69, 9.17) is 9.47 Å². The first-order chi connectivity index (χ1) is 8.77. The highest BCUT2D eigenvalue weighted by atomic mass is 16.5. The van der Waals surface area contributed by atoms with Gasteiger partial charge >= 0.3 is 5.69 Å². The molecule has 3 heterocycles. The molecular formula is C11H15N3O4. The summed E-state index contributed by atoms with van der Waals surface area (Å²) in [6, 6.07) is 0. The normalized spacial score (nSPS) is 27.8. The SMILES string of the molecule is O=c1cnn(C2CCCO2)c(=O)n1C1CCCO1. The van der Waals surface area contributed by atoms with E-state index < -0.39 is 17.5 Å². The molecule has 0 N–H and O–H groups in total. The summed E-state index contributed by atoms with van der Waals surface area (Å²) in [5.41, 5.74) is -0.859. The summed E-state index contributed by atoms with van der Waals surface area (Å²) in [6.45, 7) is 1.20. The minimum Gasteiger partial charge on any atom is -0.358 e. The summed E-state index contributed by atoms with van der Waals surface area (Å²) in [7, 11) is 0. The molecule has 0 aliphatic carbocycles. The van der Waals surface area contributed by atoms with Gasteiger partial charge in [0, 0.05) is 13.2 Å². The van der Waals surface area contributed by atoms with E-state index in [0.29, 0.717) is 19.6 Å². The average Bonchev–Trinajstić information content (AvgIpc) is 3.01. The van der Waals surface area contributed by atoms with E-state index in [1.54, 1.807) is 0 Å². The fraction of sp³-hybridized carbons (Fsp3) is 0.727. The van der Waals surface area contributed by atoms with Crippen molar-refractivity contribution in [2.75, 3.05) is 13.2 Å². The Kier molecular flexibility index (Phi) is 3.00. The highest BCUT2D eigenvalue weighted by Gasteiger charge is 2.25. The second kappa shape index (κ2) is 4.66. The molecule has 3 rings (SSSR count). The van der Waals surface area contributed by atoms with Crippen LogP contribution in [0, 0.1) is 0 Å². The van der Waals surface area contributed by atoms with Crippen LogP contribution in [0.1, 0.15) is 38.1 Å². The second-order valence-electron chi connectivity index (χ2n) is 4.52. The van der Waals surface area contributed by atoms with Gasteiger partial charge in [0.25, 0.3) is 5.56 Å². The smallest absolute Gasteiger partial charge is 0.352 e. The molecule has 0 aromatic carbocycles. The first-order valence-electron chi connectivity index (χ1n) is 6.21. The minimum absolute atomic E-state index is 0.356. The van der Waals surface area contributed by atoms with Crippen molar-refractivity contribution in [2.45, 2.75) is 38.1 Å². The van der Waals surface area contributed by atoms with E-state index in [9.17, 15) is 9.59 Å². The molecule has 0 saturated carbocycles. The molecule has 1 aromatic rings. The van der Waals surface area contributed by atoms with Gasteiger partial charge in [-0.25, -0.2) is 9.36 Å². The van der Waals surface area contributed by atoms with Crippen molar-refractivity contribution in [1.29, 1.82) is 0 Å². The number of nitrogens with zero attached hydrogens (tertiary/aromatic N) is 3. The van der Waals surface area contributed by atoms with Crippen molar-refractivity contribution in [3.8, 4) is 0 Å². The van der Waals surface area contributed by atoms with Crippen LogP contribution in [0.25, 0.3) is 0 Å². The third-order valence-corrected chi connectivity index (χ3v) is 3.30. The lowest BCUT2D eigenvalue weighted by Crippen LogP contribution is -2.44. The van der Waals surface area contributed by atoms with Crippen molar-refractivity contribution in [2.24, 2.45) is 0 Å². The number of aromatic nitrogens is 3. The highest BCUT2D eigenvalue weighted by molar-refractivity contribution is 4.81. The Hall–Kier alpha value is -1.47. The average molecular weight is 253 g/mol. The van der Waals surface area contributed by atoms with E-state index in [1.165, 1.54) is 4.68 Å². The third-order valence-electron chi connectivity index (χ3n) is 3.30. The van der Waals surface area contributed by atoms with Crippen molar-refractivity contribution >= 4 is 0 Å². The summed E-state index contributed by atoms with van der Waals surface area (Å²) in [5, 5.41) is 3.88. The molecule has 2 aliphatic heterocycles. The largest absolute Gasteiger partial charge is 0.358 e. The van der Waals surface area contributed by atoms with Crippen LogP contribution >= 0.6 is 0 Å². The van der Waals surface area contributed by atoms with Crippen LogP contribution in [-0.4, -0.2) is 27.6 Å². The Morgan fingerprint density at radius 2 is 1.78 bits per heavy atom. The summed E-state index contributed by atoms with van der Waals surface area (Å²) >= 11 is 0. The van der Waals surface area contributed by atoms with E-state index >= 15 is 0 Å². The first-order valence-corrected chi connectivity index (χ1v) is 6.21. The number of ether oxygens (including phenoxy) is 2. The molecule has 1 aromatic heterocycles. The molecule has 7 heteroatoms. The predicted octanol–water partition coefficient (Wildman–Crippen LogP) is 0.0230. The van der Waals surface area contributed by atoms with Crippen molar-refractivity contribution < 1.29 is 9.47 Å². The van der Waals surface area contributed by atoms with Crippen LogP contribution in [-0.2, 0) is 9.47 Å². The number of hydrogen-bond acceptors (Lipinski definition) is 5. The zero-order chi connectivity index (χ0) is 12.5. The molecule has 2 saturated heterocycles. The van der Waals surface area contributed by atoms with Gasteiger partial charge in [0.2, 0.25) is 0 Å². The van der Waals surface area contributed by atoms with Gasteiger partial charge in [-0.05, 0) is 25.7 Å². The van der Waals surface area contributed by atoms with E-state index in [2.05, 4.69) is 5.10 Å². The van der Waals surface area contributed by atoms with Crippen LogP contribution in [0.5, 0.6) is 0 Å². The Bertz CT molecular complexity index is 538. The quantitative estimate of drug-likeness (QED) is 0.743. The zero-order valence-corrected chi connectivity index (χ0v) is 9.95. The summed E-state index contributed by atoms with van der Waals surface area (Å²) < 4.78 is 13.2. The molecule has 98 valence electrons. The predicted molar refractivity (Wildman–Crippen MR) is 61.2 cm³/mol. The molecule has 18 heavy (non-hydrogen) atoms. The van der Waals surface area contributed by atoms with Crippen molar-refractivity contribution in [3.05, 3.63) is 27.0 Å². The Balaban J connectivity index is 2.04. The van der Waals surface area contributed by atoms with Crippen LogP contribution in [0.15, 0.2) is 15.8 Å². The summed E-state index contributed by atoms with van der Waals surface area (Å²) in [4.78, 5) is 24.0. The van der Waals surface area contributed by atoms with Gasteiger partial charge in [0.1, 0.15) is 12.4 Å². The molecule has 2 unspecified atom stereocenters. The second-order valence-corrected chi connectivity index (χ2v) is 4.52. The van der Waals surface area contributed by atoms with Gasteiger partial charge in [-0.2, -0.15) is 9.78 Å². The Morgan fingerprint density at radius 3 is 2.39 bits per heavy atom. The maximum absolute atomic E-state index is 12.3. The fourth-order valence-electron chi connectivity index (χ4n) is 2.41. The molecule has 0 spiro atoms. The van der Waals surface area contributed by atoms with Gasteiger partial charge < -0.3 is 9.47 Å². The van der Waals surface area contributed by atoms with Gasteiger partial charge in [0.05, 0.1) is 0 Å². The van der Waals surface area contributed by atoms with Crippen LogP contribution in [0.4, 0.5) is 0 Å². The third kappa shape index (κ3) is 1.89. The van der Waals surface area contributed by atoms with Gasteiger partial charge in [-0.15, -0.1) is 0 Å². The minimum atomic E-state index is -0.458. The molecular weight excluding hydrogens is 238 g/mol. The fourth-order valence-corrected chi connectivity index (χ4v) is 2.41. The highest BCUT2D eigenvalue weighted by Crippen LogP contribution is 2.21. The Morgan fingerprint density at radius 1 is 1.11 bits per heavy atom. The molecule has 2 aliphatic rings. The first kappa shape index (κ1) is 11.6.